The molecule has 0 aliphatic heterocycles. The van der Waals surface area contributed by atoms with Crippen LogP contribution in [0.25, 0.3) is 0 Å². The van der Waals surface area contributed by atoms with Gasteiger partial charge in [-0.2, -0.15) is 0 Å². The Morgan fingerprint density at radius 2 is 2.19 bits per heavy atom. The van der Waals surface area contributed by atoms with Gasteiger partial charge in [-0.15, -0.1) is 5.10 Å². The Kier molecular flexibility index (Phi) is 4.65. The molecule has 1 aromatic heterocycles. The number of rotatable bonds is 5. The van der Waals surface area contributed by atoms with Gasteiger partial charge in [0.1, 0.15) is 0 Å². The molecular formula is C14H16N4O3. The Bertz CT molecular complexity index is 638. The van der Waals surface area contributed by atoms with Gasteiger partial charge in [0.15, 0.2) is 0 Å². The van der Waals surface area contributed by atoms with Gasteiger partial charge in [-0.25, -0.2) is 4.79 Å². The van der Waals surface area contributed by atoms with Crippen LogP contribution in [0, 0.1) is 6.92 Å². The van der Waals surface area contributed by atoms with Gasteiger partial charge in [-0.05, 0) is 19.1 Å². The number of methoxy groups -OCH3 is 1. The highest BCUT2D eigenvalue weighted by atomic mass is 16.5. The lowest BCUT2D eigenvalue weighted by molar-refractivity contribution is -0.116. The second-order valence-corrected chi connectivity index (χ2v) is 4.50. The highest BCUT2D eigenvalue weighted by Crippen LogP contribution is 2.18. The number of aryl methyl sites for hydroxylation is 2. The van der Waals surface area contributed by atoms with Crippen LogP contribution >= 0.6 is 0 Å². The van der Waals surface area contributed by atoms with E-state index >= 15 is 0 Å². The molecular weight excluding hydrogens is 272 g/mol. The molecule has 0 saturated heterocycles. The van der Waals surface area contributed by atoms with E-state index in [0.29, 0.717) is 17.8 Å². The minimum Gasteiger partial charge on any atom is -0.465 e. The van der Waals surface area contributed by atoms with Crippen molar-refractivity contribution in [1.29, 1.82) is 0 Å². The third-order valence-corrected chi connectivity index (χ3v) is 2.89. The number of aromatic nitrogens is 3. The molecule has 0 atom stereocenters. The van der Waals surface area contributed by atoms with Crippen LogP contribution in [0.5, 0.6) is 0 Å². The van der Waals surface area contributed by atoms with Crippen molar-refractivity contribution in [3.05, 3.63) is 41.7 Å². The second-order valence-electron chi connectivity index (χ2n) is 4.50. The van der Waals surface area contributed by atoms with Crippen LogP contribution in [0.1, 0.15) is 22.3 Å². The molecule has 110 valence electrons. The standard InChI is InChI=1S/C14H16N4O3/c1-10-3-4-12(11(9-10)14(20)21-2)16-13(19)5-7-18-8-6-15-17-18/h3-4,6,8-9H,5,7H2,1-2H3,(H,16,19). The molecule has 7 heteroatoms. The van der Waals surface area contributed by atoms with Crippen molar-refractivity contribution < 1.29 is 14.3 Å². The molecule has 2 rings (SSSR count). The summed E-state index contributed by atoms with van der Waals surface area (Å²) in [5.41, 5.74) is 1.69. The third-order valence-electron chi connectivity index (χ3n) is 2.89. The van der Waals surface area contributed by atoms with Crippen molar-refractivity contribution in [2.24, 2.45) is 0 Å². The summed E-state index contributed by atoms with van der Waals surface area (Å²) in [4.78, 5) is 23.6. The van der Waals surface area contributed by atoms with E-state index in [1.807, 2.05) is 13.0 Å². The number of hydrogen-bond acceptors (Lipinski definition) is 5. The largest absolute Gasteiger partial charge is 0.465 e. The Morgan fingerprint density at radius 1 is 1.38 bits per heavy atom. The first kappa shape index (κ1) is 14.7. The molecule has 0 fully saturated rings. The van der Waals surface area contributed by atoms with Gasteiger partial charge in [0.2, 0.25) is 5.91 Å². The number of benzene rings is 1. The summed E-state index contributed by atoms with van der Waals surface area (Å²) in [6.45, 7) is 2.29. The van der Waals surface area contributed by atoms with Crippen LogP contribution in [0.15, 0.2) is 30.6 Å². The van der Waals surface area contributed by atoms with Gasteiger partial charge in [0.05, 0.1) is 31.1 Å². The number of hydrogen-bond donors (Lipinski definition) is 1. The zero-order valence-corrected chi connectivity index (χ0v) is 11.9. The van der Waals surface area contributed by atoms with Crippen molar-refractivity contribution >= 4 is 17.6 Å². The Hall–Kier alpha value is -2.70. The third kappa shape index (κ3) is 3.88. The van der Waals surface area contributed by atoms with Crippen molar-refractivity contribution in [2.45, 2.75) is 19.9 Å². The predicted molar refractivity (Wildman–Crippen MR) is 75.8 cm³/mol. The molecule has 7 nitrogen and oxygen atoms in total. The van der Waals surface area contributed by atoms with E-state index < -0.39 is 5.97 Å². The summed E-state index contributed by atoms with van der Waals surface area (Å²) in [6, 6.07) is 5.19. The summed E-state index contributed by atoms with van der Waals surface area (Å²) in [6.07, 6.45) is 3.46. The summed E-state index contributed by atoms with van der Waals surface area (Å²) >= 11 is 0. The Morgan fingerprint density at radius 3 is 2.86 bits per heavy atom. The lowest BCUT2D eigenvalue weighted by Crippen LogP contribution is -2.17. The molecule has 0 radical (unpaired) electrons. The maximum Gasteiger partial charge on any atom is 0.339 e. The number of nitrogens with one attached hydrogen (secondary N) is 1. The first-order valence-electron chi connectivity index (χ1n) is 6.43. The van der Waals surface area contributed by atoms with Crippen LogP contribution in [0.3, 0.4) is 0 Å². The van der Waals surface area contributed by atoms with E-state index in [1.54, 1.807) is 29.2 Å². The smallest absolute Gasteiger partial charge is 0.339 e. The van der Waals surface area contributed by atoms with E-state index in [4.69, 9.17) is 4.74 Å². The van der Waals surface area contributed by atoms with Gasteiger partial charge in [0, 0.05) is 12.6 Å². The maximum absolute atomic E-state index is 11.9. The zero-order chi connectivity index (χ0) is 15.2. The molecule has 2 aromatic rings. The van der Waals surface area contributed by atoms with Crippen molar-refractivity contribution in [3.63, 3.8) is 0 Å². The monoisotopic (exact) mass is 288 g/mol. The number of amides is 1. The fourth-order valence-corrected chi connectivity index (χ4v) is 1.83. The average molecular weight is 288 g/mol. The fraction of sp³-hybridized carbons (Fsp3) is 0.286. The second kappa shape index (κ2) is 6.65. The molecule has 1 N–H and O–H groups in total. The van der Waals surface area contributed by atoms with E-state index in [9.17, 15) is 9.59 Å². The van der Waals surface area contributed by atoms with Gasteiger partial charge < -0.3 is 10.1 Å². The topological polar surface area (TPSA) is 86.1 Å². The zero-order valence-electron chi connectivity index (χ0n) is 11.9. The molecule has 0 aliphatic rings. The van der Waals surface area contributed by atoms with Gasteiger partial charge in [0.25, 0.3) is 0 Å². The predicted octanol–water partition coefficient (Wildman–Crippen LogP) is 1.40. The SMILES string of the molecule is COC(=O)c1cc(C)ccc1NC(=O)CCn1ccnn1. The lowest BCUT2D eigenvalue weighted by Gasteiger charge is -2.10. The van der Waals surface area contributed by atoms with E-state index in [0.717, 1.165) is 5.56 Å². The minimum atomic E-state index is -0.481. The van der Waals surface area contributed by atoms with Crippen LogP contribution in [0.2, 0.25) is 0 Å². The van der Waals surface area contributed by atoms with Gasteiger partial charge in [-0.3, -0.25) is 9.48 Å². The number of anilines is 1. The molecule has 0 saturated carbocycles. The highest BCUT2D eigenvalue weighted by molar-refractivity contribution is 6.01. The fourth-order valence-electron chi connectivity index (χ4n) is 1.83. The number of carbonyl (C=O) groups excluding carboxylic acids is 2. The molecule has 0 unspecified atom stereocenters. The summed E-state index contributed by atoms with van der Waals surface area (Å²) in [7, 11) is 1.31. The lowest BCUT2D eigenvalue weighted by atomic mass is 10.1. The Balaban J connectivity index is 2.04. The first-order chi connectivity index (χ1) is 10.1. The molecule has 1 heterocycles. The number of ether oxygens (including phenoxy) is 1. The van der Waals surface area contributed by atoms with E-state index in [-0.39, 0.29) is 12.3 Å². The van der Waals surface area contributed by atoms with Crippen LogP contribution in [-0.4, -0.2) is 34.0 Å². The van der Waals surface area contributed by atoms with Gasteiger partial charge >= 0.3 is 5.97 Å². The van der Waals surface area contributed by atoms with Crippen LogP contribution < -0.4 is 5.32 Å². The molecule has 21 heavy (non-hydrogen) atoms. The summed E-state index contributed by atoms with van der Waals surface area (Å²) in [5, 5.41) is 10.2. The van der Waals surface area contributed by atoms with Crippen LogP contribution in [0.4, 0.5) is 5.69 Å². The quantitative estimate of drug-likeness (QED) is 0.840. The first-order valence-corrected chi connectivity index (χ1v) is 6.43. The molecule has 1 aromatic carbocycles. The number of carbonyl (C=O) groups is 2. The minimum absolute atomic E-state index is 0.209. The average Bonchev–Trinajstić information content (AvgIpc) is 2.99. The van der Waals surface area contributed by atoms with Crippen molar-refractivity contribution in [2.75, 3.05) is 12.4 Å². The van der Waals surface area contributed by atoms with Crippen LogP contribution in [-0.2, 0) is 16.1 Å². The number of nitrogens with zero attached hydrogens (tertiary/aromatic N) is 3. The van der Waals surface area contributed by atoms with E-state index in [1.165, 1.54) is 7.11 Å². The summed E-state index contributed by atoms with van der Waals surface area (Å²) < 4.78 is 6.29. The Labute approximate surface area is 121 Å². The molecule has 0 spiro atoms. The van der Waals surface area contributed by atoms with Crippen molar-refractivity contribution in [1.82, 2.24) is 15.0 Å². The van der Waals surface area contributed by atoms with E-state index in [2.05, 4.69) is 15.6 Å². The summed E-state index contributed by atoms with van der Waals surface area (Å²) in [5.74, 6) is -0.690. The molecule has 0 bridgehead atoms. The molecule has 0 aliphatic carbocycles. The molecule has 1 amide bonds. The van der Waals surface area contributed by atoms with Crippen molar-refractivity contribution in [3.8, 4) is 0 Å². The normalized spacial score (nSPS) is 10.2. The maximum atomic E-state index is 11.9. The van der Waals surface area contributed by atoms with Gasteiger partial charge in [-0.1, -0.05) is 16.8 Å². The number of esters is 1. The highest BCUT2D eigenvalue weighted by Gasteiger charge is 2.14.